The quantitative estimate of drug-likeness (QED) is 0.681. The van der Waals surface area contributed by atoms with E-state index in [1.54, 1.807) is 43.5 Å². The third kappa shape index (κ3) is 4.48. The van der Waals surface area contributed by atoms with Crippen molar-refractivity contribution in [2.24, 2.45) is 5.73 Å². The van der Waals surface area contributed by atoms with Crippen molar-refractivity contribution in [3.8, 4) is 5.75 Å². The summed E-state index contributed by atoms with van der Waals surface area (Å²) in [4.78, 5) is 11.9. The van der Waals surface area contributed by atoms with Gasteiger partial charge in [0.25, 0.3) is 0 Å². The Kier molecular flexibility index (Phi) is 5.20. The second-order valence-electron chi connectivity index (χ2n) is 4.50. The van der Waals surface area contributed by atoms with E-state index >= 15 is 0 Å². The molecular weight excluding hydrogens is 290 g/mol. The zero-order chi connectivity index (χ0) is 15.2. The van der Waals surface area contributed by atoms with E-state index in [4.69, 9.17) is 26.8 Å². The first kappa shape index (κ1) is 15.4. The number of carbonyl (C=O) groups is 1. The van der Waals surface area contributed by atoms with Gasteiger partial charge in [0.05, 0.1) is 12.7 Å². The first-order chi connectivity index (χ1) is 10.1. The van der Waals surface area contributed by atoms with Crippen LogP contribution in [0.25, 0.3) is 0 Å². The zero-order valence-electron chi connectivity index (χ0n) is 11.6. The van der Waals surface area contributed by atoms with Gasteiger partial charge in [0.1, 0.15) is 5.75 Å². The van der Waals surface area contributed by atoms with Crippen LogP contribution < -0.4 is 10.5 Å². The predicted molar refractivity (Wildman–Crippen MR) is 81.5 cm³/mol. The van der Waals surface area contributed by atoms with Crippen LogP contribution in [0.5, 0.6) is 5.75 Å². The molecule has 0 saturated carbocycles. The molecule has 0 aliphatic carbocycles. The number of rotatable bonds is 5. The van der Waals surface area contributed by atoms with Crippen molar-refractivity contribution < 1.29 is 14.3 Å². The lowest BCUT2D eigenvalue weighted by Crippen LogP contribution is -2.29. The van der Waals surface area contributed by atoms with Crippen molar-refractivity contribution >= 4 is 17.6 Å². The summed E-state index contributed by atoms with van der Waals surface area (Å²) in [7, 11) is 1.56. The second-order valence-corrected chi connectivity index (χ2v) is 4.94. The van der Waals surface area contributed by atoms with Crippen LogP contribution in [0.1, 0.15) is 15.9 Å². The smallest absolute Gasteiger partial charge is 0.339 e. The molecule has 0 bridgehead atoms. The van der Waals surface area contributed by atoms with Gasteiger partial charge in [-0.05, 0) is 42.0 Å². The number of halogens is 1. The Morgan fingerprint density at radius 1 is 1.14 bits per heavy atom. The fraction of sp³-hybridized carbons (Fsp3) is 0.188. The first-order valence-electron chi connectivity index (χ1n) is 6.43. The van der Waals surface area contributed by atoms with Crippen molar-refractivity contribution in [2.75, 3.05) is 7.11 Å². The van der Waals surface area contributed by atoms with Crippen molar-refractivity contribution in [1.29, 1.82) is 0 Å². The third-order valence-electron chi connectivity index (χ3n) is 2.93. The predicted octanol–water partition coefficient (Wildman–Crippen LogP) is 3.03. The van der Waals surface area contributed by atoms with E-state index in [-0.39, 0.29) is 0 Å². The highest BCUT2D eigenvalue weighted by molar-refractivity contribution is 6.30. The normalized spacial score (nSPS) is 11.8. The highest BCUT2D eigenvalue weighted by Crippen LogP contribution is 2.14. The van der Waals surface area contributed by atoms with Gasteiger partial charge in [0.15, 0.2) is 6.23 Å². The lowest BCUT2D eigenvalue weighted by molar-refractivity contribution is 0.0317. The molecule has 0 radical (unpaired) electrons. The van der Waals surface area contributed by atoms with E-state index in [0.29, 0.717) is 22.8 Å². The fourth-order valence-electron chi connectivity index (χ4n) is 1.83. The first-order valence-corrected chi connectivity index (χ1v) is 6.81. The summed E-state index contributed by atoms with van der Waals surface area (Å²) in [6.45, 7) is 0. The molecule has 0 spiro atoms. The molecule has 110 valence electrons. The molecule has 0 amide bonds. The number of methoxy groups -OCH3 is 1. The molecule has 0 aliphatic heterocycles. The summed E-state index contributed by atoms with van der Waals surface area (Å²) in [5, 5.41) is 0.655. The maximum Gasteiger partial charge on any atom is 0.339 e. The van der Waals surface area contributed by atoms with Crippen LogP contribution in [0.2, 0.25) is 5.02 Å². The molecule has 21 heavy (non-hydrogen) atoms. The second kappa shape index (κ2) is 7.11. The number of hydrogen-bond donors (Lipinski definition) is 1. The van der Waals surface area contributed by atoms with E-state index in [2.05, 4.69) is 0 Å². The fourth-order valence-corrected chi connectivity index (χ4v) is 1.95. The Labute approximate surface area is 128 Å². The molecule has 2 aromatic carbocycles. The number of nitrogens with two attached hydrogens (primary N) is 1. The summed E-state index contributed by atoms with van der Waals surface area (Å²) < 4.78 is 10.2. The van der Waals surface area contributed by atoms with Gasteiger partial charge in [0, 0.05) is 11.4 Å². The van der Waals surface area contributed by atoms with Crippen LogP contribution in [0.15, 0.2) is 48.5 Å². The van der Waals surface area contributed by atoms with Crippen LogP contribution in [0, 0.1) is 0 Å². The van der Waals surface area contributed by atoms with Gasteiger partial charge in [-0.25, -0.2) is 4.79 Å². The average Bonchev–Trinajstić information content (AvgIpc) is 2.49. The van der Waals surface area contributed by atoms with Crippen molar-refractivity contribution in [3.05, 3.63) is 64.7 Å². The molecule has 5 heteroatoms. The topological polar surface area (TPSA) is 61.5 Å². The Morgan fingerprint density at radius 3 is 2.33 bits per heavy atom. The van der Waals surface area contributed by atoms with Crippen LogP contribution in [0.4, 0.5) is 0 Å². The van der Waals surface area contributed by atoms with Crippen molar-refractivity contribution in [3.63, 3.8) is 0 Å². The molecule has 1 atom stereocenters. The van der Waals surface area contributed by atoms with E-state index in [9.17, 15) is 4.79 Å². The Morgan fingerprint density at radius 2 is 1.76 bits per heavy atom. The average molecular weight is 306 g/mol. The molecule has 2 aromatic rings. The summed E-state index contributed by atoms with van der Waals surface area (Å²) >= 11 is 5.81. The third-order valence-corrected chi connectivity index (χ3v) is 3.19. The minimum Gasteiger partial charge on any atom is -0.497 e. The van der Waals surface area contributed by atoms with Crippen LogP contribution in [-0.4, -0.2) is 19.3 Å². The lowest BCUT2D eigenvalue weighted by Gasteiger charge is -2.13. The minimum atomic E-state index is -0.708. The zero-order valence-corrected chi connectivity index (χ0v) is 12.3. The Hall–Kier alpha value is -2.04. The maximum atomic E-state index is 11.9. The van der Waals surface area contributed by atoms with Crippen LogP contribution in [0.3, 0.4) is 0 Å². The lowest BCUT2D eigenvalue weighted by atomic mass is 10.1. The maximum absolute atomic E-state index is 11.9. The molecule has 2 rings (SSSR count). The van der Waals surface area contributed by atoms with Gasteiger partial charge in [-0.15, -0.1) is 0 Å². The standard InChI is InChI=1S/C16H16ClNO3/c1-20-14-8-4-12(5-9-14)16(19)21-15(18)10-11-2-6-13(17)7-3-11/h2-9,15H,10,18H2,1H3. The molecule has 0 aromatic heterocycles. The van der Waals surface area contributed by atoms with Gasteiger partial charge in [-0.2, -0.15) is 0 Å². The summed E-state index contributed by atoms with van der Waals surface area (Å²) in [5.74, 6) is 0.219. The number of ether oxygens (including phenoxy) is 2. The number of hydrogen-bond acceptors (Lipinski definition) is 4. The van der Waals surface area contributed by atoms with Gasteiger partial charge >= 0.3 is 5.97 Å². The largest absolute Gasteiger partial charge is 0.497 e. The monoisotopic (exact) mass is 305 g/mol. The summed E-state index contributed by atoms with van der Waals surface area (Å²) in [5.41, 5.74) is 7.22. The molecule has 2 N–H and O–H groups in total. The molecule has 4 nitrogen and oxygen atoms in total. The molecule has 0 aliphatic rings. The van der Waals surface area contributed by atoms with Crippen molar-refractivity contribution in [1.82, 2.24) is 0 Å². The Bertz CT molecular complexity index is 596. The van der Waals surface area contributed by atoms with E-state index in [1.807, 2.05) is 12.1 Å². The molecule has 0 fully saturated rings. The number of esters is 1. The summed E-state index contributed by atoms with van der Waals surface area (Å²) in [6, 6.07) is 13.9. The summed E-state index contributed by atoms with van der Waals surface area (Å²) in [6.07, 6.45) is -0.278. The van der Waals surface area contributed by atoms with Gasteiger partial charge in [-0.3, -0.25) is 5.73 Å². The SMILES string of the molecule is COc1ccc(C(=O)OC(N)Cc2ccc(Cl)cc2)cc1. The number of carbonyl (C=O) groups excluding carboxylic acids is 1. The van der Waals surface area contributed by atoms with Crippen molar-refractivity contribution in [2.45, 2.75) is 12.6 Å². The van der Waals surface area contributed by atoms with Gasteiger partial charge in [-0.1, -0.05) is 23.7 Å². The van der Waals surface area contributed by atoms with E-state index < -0.39 is 12.2 Å². The van der Waals surface area contributed by atoms with Gasteiger partial charge < -0.3 is 9.47 Å². The molecule has 0 saturated heterocycles. The molecule has 1 unspecified atom stereocenters. The highest BCUT2D eigenvalue weighted by atomic mass is 35.5. The highest BCUT2D eigenvalue weighted by Gasteiger charge is 2.13. The molecule has 0 heterocycles. The minimum absolute atomic E-state index is 0.430. The van der Waals surface area contributed by atoms with E-state index in [0.717, 1.165) is 5.56 Å². The number of benzene rings is 2. The van der Waals surface area contributed by atoms with Crippen LogP contribution in [-0.2, 0) is 11.2 Å². The van der Waals surface area contributed by atoms with E-state index in [1.165, 1.54) is 0 Å². The Balaban J connectivity index is 1.93. The van der Waals surface area contributed by atoms with Gasteiger partial charge in [0.2, 0.25) is 0 Å². The molecular formula is C16H16ClNO3. The van der Waals surface area contributed by atoms with Crippen LogP contribution >= 0.6 is 11.6 Å².